The van der Waals surface area contributed by atoms with Gasteiger partial charge in [0.05, 0.1) is 6.20 Å². The van der Waals surface area contributed by atoms with Crippen LogP contribution in [0.15, 0.2) is 18.3 Å². The molecule has 0 bridgehead atoms. The smallest absolute Gasteiger partial charge is 0.309 e. The van der Waals surface area contributed by atoms with E-state index in [0.29, 0.717) is 0 Å². The standard InChI is InChI=1S/C7H7NO3/c1-5(9)11-7-3-2-6(10)4-8-7/h2-4,10H,1H3. The van der Waals surface area contributed by atoms with Crippen molar-refractivity contribution in [1.82, 2.24) is 4.98 Å². The zero-order valence-electron chi connectivity index (χ0n) is 5.94. The van der Waals surface area contributed by atoms with Gasteiger partial charge in [0.1, 0.15) is 5.75 Å². The first-order valence-corrected chi connectivity index (χ1v) is 3.02. The quantitative estimate of drug-likeness (QED) is 0.603. The maximum atomic E-state index is 10.4. The maximum absolute atomic E-state index is 10.4. The van der Waals surface area contributed by atoms with Crippen LogP contribution >= 0.6 is 0 Å². The summed E-state index contributed by atoms with van der Waals surface area (Å²) in [5, 5.41) is 8.79. The molecule has 0 aromatic carbocycles. The van der Waals surface area contributed by atoms with E-state index in [4.69, 9.17) is 5.11 Å². The molecule has 1 rings (SSSR count). The number of carbonyl (C=O) groups is 1. The summed E-state index contributed by atoms with van der Waals surface area (Å²) < 4.78 is 4.61. The summed E-state index contributed by atoms with van der Waals surface area (Å²) in [7, 11) is 0. The molecular formula is C7H7NO3. The summed E-state index contributed by atoms with van der Waals surface area (Å²) in [4.78, 5) is 14.0. The topological polar surface area (TPSA) is 59.4 Å². The maximum Gasteiger partial charge on any atom is 0.309 e. The zero-order chi connectivity index (χ0) is 8.27. The number of ether oxygens (including phenoxy) is 1. The van der Waals surface area contributed by atoms with Crippen molar-refractivity contribution in [2.45, 2.75) is 6.92 Å². The van der Waals surface area contributed by atoms with Crippen molar-refractivity contribution >= 4 is 5.97 Å². The van der Waals surface area contributed by atoms with E-state index in [1.54, 1.807) is 0 Å². The van der Waals surface area contributed by atoms with E-state index in [2.05, 4.69) is 9.72 Å². The Bertz CT molecular complexity index is 255. The van der Waals surface area contributed by atoms with Crippen LogP contribution in [0.4, 0.5) is 0 Å². The van der Waals surface area contributed by atoms with Gasteiger partial charge in [-0.05, 0) is 6.07 Å². The number of nitrogens with zero attached hydrogens (tertiary/aromatic N) is 1. The molecule has 58 valence electrons. The van der Waals surface area contributed by atoms with Crippen molar-refractivity contribution in [3.63, 3.8) is 0 Å². The molecule has 0 atom stereocenters. The highest BCUT2D eigenvalue weighted by atomic mass is 16.5. The minimum Gasteiger partial charge on any atom is -0.506 e. The number of pyridine rings is 1. The van der Waals surface area contributed by atoms with Gasteiger partial charge in [-0.2, -0.15) is 0 Å². The molecule has 0 fully saturated rings. The van der Waals surface area contributed by atoms with E-state index < -0.39 is 5.97 Å². The van der Waals surface area contributed by atoms with Gasteiger partial charge in [0, 0.05) is 13.0 Å². The zero-order valence-corrected chi connectivity index (χ0v) is 5.94. The summed E-state index contributed by atoms with van der Waals surface area (Å²) >= 11 is 0. The van der Waals surface area contributed by atoms with Crippen LogP contribution in [-0.4, -0.2) is 16.1 Å². The SMILES string of the molecule is CC(=O)Oc1ccc(O)cn1. The fraction of sp³-hybridized carbons (Fsp3) is 0.143. The summed E-state index contributed by atoms with van der Waals surface area (Å²) in [6, 6.07) is 2.81. The Morgan fingerprint density at radius 1 is 1.64 bits per heavy atom. The molecule has 0 aliphatic heterocycles. The Hall–Kier alpha value is -1.58. The first kappa shape index (κ1) is 7.53. The number of aromatic nitrogens is 1. The molecule has 0 spiro atoms. The van der Waals surface area contributed by atoms with Crippen molar-refractivity contribution in [2.75, 3.05) is 0 Å². The van der Waals surface area contributed by atoms with E-state index in [1.807, 2.05) is 0 Å². The number of aromatic hydroxyl groups is 1. The lowest BCUT2D eigenvalue weighted by Crippen LogP contribution is -2.02. The third kappa shape index (κ3) is 2.25. The fourth-order valence-corrected chi connectivity index (χ4v) is 0.580. The average molecular weight is 153 g/mol. The monoisotopic (exact) mass is 153 g/mol. The molecular weight excluding hydrogens is 146 g/mol. The number of rotatable bonds is 1. The highest BCUT2D eigenvalue weighted by Gasteiger charge is 1.97. The number of hydrogen-bond acceptors (Lipinski definition) is 4. The van der Waals surface area contributed by atoms with E-state index in [1.165, 1.54) is 25.3 Å². The van der Waals surface area contributed by atoms with Crippen LogP contribution in [0.5, 0.6) is 11.6 Å². The lowest BCUT2D eigenvalue weighted by molar-refractivity contribution is -0.132. The minimum absolute atomic E-state index is 0.0425. The molecule has 1 aromatic rings. The molecule has 4 nitrogen and oxygen atoms in total. The van der Waals surface area contributed by atoms with Crippen LogP contribution in [0, 0.1) is 0 Å². The van der Waals surface area contributed by atoms with Crippen LogP contribution < -0.4 is 4.74 Å². The first-order valence-electron chi connectivity index (χ1n) is 3.02. The van der Waals surface area contributed by atoms with Crippen molar-refractivity contribution in [3.05, 3.63) is 18.3 Å². The summed E-state index contributed by atoms with van der Waals surface area (Å²) in [5.74, 6) is -0.195. The van der Waals surface area contributed by atoms with Gasteiger partial charge in [-0.15, -0.1) is 0 Å². The van der Waals surface area contributed by atoms with Crippen LogP contribution in [0.25, 0.3) is 0 Å². The Morgan fingerprint density at radius 3 is 2.82 bits per heavy atom. The number of hydrogen-bond donors (Lipinski definition) is 1. The highest BCUT2D eigenvalue weighted by Crippen LogP contribution is 2.11. The molecule has 1 aromatic heterocycles. The molecule has 4 heteroatoms. The van der Waals surface area contributed by atoms with E-state index >= 15 is 0 Å². The van der Waals surface area contributed by atoms with E-state index in [9.17, 15) is 4.79 Å². The molecule has 1 N–H and O–H groups in total. The Morgan fingerprint density at radius 2 is 2.36 bits per heavy atom. The Kier molecular flexibility index (Phi) is 2.06. The minimum atomic E-state index is -0.428. The molecule has 0 radical (unpaired) electrons. The van der Waals surface area contributed by atoms with Gasteiger partial charge in [0.25, 0.3) is 0 Å². The van der Waals surface area contributed by atoms with Crippen molar-refractivity contribution < 1.29 is 14.6 Å². The van der Waals surface area contributed by atoms with Gasteiger partial charge >= 0.3 is 5.97 Å². The largest absolute Gasteiger partial charge is 0.506 e. The van der Waals surface area contributed by atoms with Crippen LogP contribution in [0.2, 0.25) is 0 Å². The van der Waals surface area contributed by atoms with Crippen molar-refractivity contribution in [3.8, 4) is 11.6 Å². The average Bonchev–Trinajstić information content (AvgIpc) is 1.93. The molecule has 0 saturated carbocycles. The molecule has 0 aliphatic rings. The fourth-order valence-electron chi connectivity index (χ4n) is 0.580. The second-order valence-electron chi connectivity index (χ2n) is 1.95. The molecule has 1 heterocycles. The normalized spacial score (nSPS) is 9.18. The lowest BCUT2D eigenvalue weighted by Gasteiger charge is -1.97. The summed E-state index contributed by atoms with van der Waals surface area (Å²) in [6.45, 7) is 1.29. The number of esters is 1. The van der Waals surface area contributed by atoms with Crippen LogP contribution in [-0.2, 0) is 4.79 Å². The van der Waals surface area contributed by atoms with Gasteiger partial charge in [-0.1, -0.05) is 0 Å². The van der Waals surface area contributed by atoms with Crippen LogP contribution in [0.3, 0.4) is 0 Å². The molecule has 0 saturated heterocycles. The van der Waals surface area contributed by atoms with Gasteiger partial charge in [0.15, 0.2) is 0 Å². The lowest BCUT2D eigenvalue weighted by atomic mass is 10.4. The molecule has 0 amide bonds. The Labute approximate surface area is 63.5 Å². The third-order valence-corrected chi connectivity index (χ3v) is 0.969. The predicted octanol–water partition coefficient (Wildman–Crippen LogP) is 0.712. The van der Waals surface area contributed by atoms with Crippen molar-refractivity contribution in [1.29, 1.82) is 0 Å². The van der Waals surface area contributed by atoms with E-state index in [-0.39, 0.29) is 11.6 Å². The molecule has 11 heavy (non-hydrogen) atoms. The van der Waals surface area contributed by atoms with Gasteiger partial charge in [-0.25, -0.2) is 4.98 Å². The summed E-state index contributed by atoms with van der Waals surface area (Å²) in [5.41, 5.74) is 0. The van der Waals surface area contributed by atoms with E-state index in [0.717, 1.165) is 0 Å². The summed E-state index contributed by atoms with van der Waals surface area (Å²) in [6.07, 6.45) is 1.21. The van der Waals surface area contributed by atoms with Gasteiger partial charge in [0.2, 0.25) is 5.88 Å². The second kappa shape index (κ2) is 3.01. The van der Waals surface area contributed by atoms with Gasteiger partial charge in [-0.3, -0.25) is 4.79 Å². The molecule has 0 unspecified atom stereocenters. The van der Waals surface area contributed by atoms with Gasteiger partial charge < -0.3 is 9.84 Å². The second-order valence-corrected chi connectivity index (χ2v) is 1.95. The van der Waals surface area contributed by atoms with Crippen molar-refractivity contribution in [2.24, 2.45) is 0 Å². The Balaban J connectivity index is 2.74. The first-order chi connectivity index (χ1) is 5.18. The number of carbonyl (C=O) groups excluding carboxylic acids is 1. The third-order valence-electron chi connectivity index (χ3n) is 0.969. The van der Waals surface area contributed by atoms with Crippen LogP contribution in [0.1, 0.15) is 6.92 Å². The highest BCUT2D eigenvalue weighted by molar-refractivity contribution is 5.68. The predicted molar refractivity (Wildman–Crippen MR) is 37.2 cm³/mol. The molecule has 0 aliphatic carbocycles.